The van der Waals surface area contributed by atoms with E-state index in [1.807, 2.05) is 0 Å². The first-order chi connectivity index (χ1) is 5.61. The van der Waals surface area contributed by atoms with Crippen LogP contribution < -0.4 is 0 Å². The van der Waals surface area contributed by atoms with Crippen molar-refractivity contribution in [3.63, 3.8) is 0 Å². The van der Waals surface area contributed by atoms with Gasteiger partial charge in [0.25, 0.3) is 5.60 Å². The van der Waals surface area contributed by atoms with E-state index in [9.17, 15) is 18.0 Å². The van der Waals surface area contributed by atoms with E-state index in [1.165, 1.54) is 14.1 Å². The summed E-state index contributed by atoms with van der Waals surface area (Å²) in [7, 11) is 2.47. The molecule has 78 valence electrons. The molecule has 0 spiro atoms. The molecule has 0 aromatic heterocycles. The minimum Gasteiger partial charge on any atom is -0.479 e. The number of hydrogen-bond donors (Lipinski definition) is 2. The van der Waals surface area contributed by atoms with Crippen LogP contribution in [0.4, 0.5) is 13.2 Å². The first kappa shape index (κ1) is 12.2. The molecule has 13 heavy (non-hydrogen) atoms. The summed E-state index contributed by atoms with van der Waals surface area (Å²) in [4.78, 5) is 11.2. The molecule has 0 aliphatic rings. The van der Waals surface area contributed by atoms with Crippen molar-refractivity contribution in [3.05, 3.63) is 0 Å². The van der Waals surface area contributed by atoms with Crippen LogP contribution >= 0.6 is 0 Å². The molecule has 0 aromatic carbocycles. The molecular weight excluding hydrogens is 191 g/mol. The standard InChI is InChI=1S/C6H10F3NO3/c1-10(2)3-5(13,4(11)12)6(7,8)9/h13H,3H2,1-2H3,(H,11,12). The zero-order valence-electron chi connectivity index (χ0n) is 7.09. The van der Waals surface area contributed by atoms with Gasteiger partial charge in [-0.15, -0.1) is 0 Å². The van der Waals surface area contributed by atoms with E-state index >= 15 is 0 Å². The summed E-state index contributed by atoms with van der Waals surface area (Å²) in [5.41, 5.74) is -3.70. The van der Waals surface area contributed by atoms with E-state index in [2.05, 4.69) is 0 Å². The van der Waals surface area contributed by atoms with Gasteiger partial charge in [-0.3, -0.25) is 0 Å². The third-order valence-electron chi connectivity index (χ3n) is 1.37. The third kappa shape index (κ3) is 2.56. The maximum atomic E-state index is 12.1. The molecule has 0 amide bonds. The molecule has 0 radical (unpaired) electrons. The van der Waals surface area contributed by atoms with Crippen LogP contribution in [0.25, 0.3) is 0 Å². The normalized spacial score (nSPS) is 17.2. The van der Waals surface area contributed by atoms with Gasteiger partial charge < -0.3 is 15.1 Å². The summed E-state index contributed by atoms with van der Waals surface area (Å²) in [6, 6.07) is 0. The fourth-order valence-corrected chi connectivity index (χ4v) is 0.736. The van der Waals surface area contributed by atoms with Crippen LogP contribution in [0.3, 0.4) is 0 Å². The molecule has 0 saturated carbocycles. The number of aliphatic hydroxyl groups is 1. The summed E-state index contributed by atoms with van der Waals surface area (Å²) < 4.78 is 36.2. The lowest BCUT2D eigenvalue weighted by Gasteiger charge is -2.28. The quantitative estimate of drug-likeness (QED) is 0.670. The Kier molecular flexibility index (Phi) is 3.28. The van der Waals surface area contributed by atoms with Crippen molar-refractivity contribution in [2.24, 2.45) is 0 Å². The third-order valence-corrected chi connectivity index (χ3v) is 1.37. The van der Waals surface area contributed by atoms with Crippen LogP contribution in [0.5, 0.6) is 0 Å². The lowest BCUT2D eigenvalue weighted by molar-refractivity contribution is -0.262. The second-order valence-electron chi connectivity index (χ2n) is 2.90. The Morgan fingerprint density at radius 1 is 1.38 bits per heavy atom. The molecule has 0 aliphatic heterocycles. The molecular formula is C6H10F3NO3. The smallest absolute Gasteiger partial charge is 0.429 e. The molecule has 1 unspecified atom stereocenters. The number of rotatable bonds is 3. The molecule has 0 rings (SSSR count). The number of halogens is 3. The highest BCUT2D eigenvalue weighted by molar-refractivity contribution is 5.78. The van der Waals surface area contributed by atoms with Gasteiger partial charge in [-0.25, -0.2) is 4.79 Å². The Morgan fingerprint density at radius 3 is 1.85 bits per heavy atom. The van der Waals surface area contributed by atoms with E-state index < -0.39 is 24.3 Å². The van der Waals surface area contributed by atoms with Crippen LogP contribution in [0.15, 0.2) is 0 Å². The Labute approximate surface area is 72.6 Å². The molecule has 0 heterocycles. The van der Waals surface area contributed by atoms with E-state index in [0.717, 1.165) is 4.90 Å². The van der Waals surface area contributed by atoms with Crippen molar-refractivity contribution in [1.82, 2.24) is 4.90 Å². The Morgan fingerprint density at radius 2 is 1.77 bits per heavy atom. The average molecular weight is 201 g/mol. The predicted molar refractivity (Wildman–Crippen MR) is 37.2 cm³/mol. The van der Waals surface area contributed by atoms with E-state index in [4.69, 9.17) is 10.2 Å². The molecule has 0 aliphatic carbocycles. The Bertz CT molecular complexity index is 204. The summed E-state index contributed by atoms with van der Waals surface area (Å²) in [6.07, 6.45) is -5.18. The number of likely N-dealkylation sites (N-methyl/N-ethyl adjacent to an activating group) is 1. The lowest BCUT2D eigenvalue weighted by Crippen LogP contribution is -2.58. The molecule has 2 N–H and O–H groups in total. The molecule has 0 aromatic rings. The van der Waals surface area contributed by atoms with Gasteiger partial charge in [0.15, 0.2) is 0 Å². The van der Waals surface area contributed by atoms with Crippen molar-refractivity contribution in [2.75, 3.05) is 20.6 Å². The van der Waals surface area contributed by atoms with Gasteiger partial charge in [0.2, 0.25) is 0 Å². The van der Waals surface area contributed by atoms with Crippen molar-refractivity contribution in [3.8, 4) is 0 Å². The van der Waals surface area contributed by atoms with Crippen LogP contribution in [0.1, 0.15) is 0 Å². The number of carbonyl (C=O) groups is 1. The zero-order chi connectivity index (χ0) is 10.9. The summed E-state index contributed by atoms with van der Waals surface area (Å²) in [5.74, 6) is -2.30. The van der Waals surface area contributed by atoms with Gasteiger partial charge >= 0.3 is 12.1 Å². The average Bonchev–Trinajstić information content (AvgIpc) is 1.82. The lowest BCUT2D eigenvalue weighted by atomic mass is 10.0. The van der Waals surface area contributed by atoms with Crippen LogP contribution in [0, 0.1) is 0 Å². The minimum absolute atomic E-state index is 0.946. The maximum Gasteiger partial charge on any atom is 0.429 e. The van der Waals surface area contributed by atoms with Crippen LogP contribution in [0.2, 0.25) is 0 Å². The van der Waals surface area contributed by atoms with Gasteiger partial charge in [0, 0.05) is 6.54 Å². The second-order valence-corrected chi connectivity index (χ2v) is 2.90. The Balaban J connectivity index is 4.85. The first-order valence-corrected chi connectivity index (χ1v) is 3.28. The molecule has 1 atom stereocenters. The molecule has 0 bridgehead atoms. The van der Waals surface area contributed by atoms with Gasteiger partial charge in [-0.1, -0.05) is 0 Å². The van der Waals surface area contributed by atoms with Gasteiger partial charge in [-0.05, 0) is 14.1 Å². The topological polar surface area (TPSA) is 60.8 Å². The second kappa shape index (κ2) is 3.51. The highest BCUT2D eigenvalue weighted by Gasteiger charge is 2.60. The monoisotopic (exact) mass is 201 g/mol. The van der Waals surface area contributed by atoms with Crippen molar-refractivity contribution in [1.29, 1.82) is 0 Å². The zero-order valence-corrected chi connectivity index (χ0v) is 7.09. The van der Waals surface area contributed by atoms with Gasteiger partial charge in [-0.2, -0.15) is 13.2 Å². The SMILES string of the molecule is CN(C)CC(O)(C(=O)O)C(F)(F)F. The van der Waals surface area contributed by atoms with Gasteiger partial charge in [0.1, 0.15) is 0 Å². The first-order valence-electron chi connectivity index (χ1n) is 3.28. The van der Waals surface area contributed by atoms with Crippen LogP contribution in [-0.4, -0.2) is 53.5 Å². The molecule has 0 fully saturated rings. The highest BCUT2D eigenvalue weighted by Crippen LogP contribution is 2.30. The number of carboxylic acid groups (broad SMARTS) is 1. The van der Waals surface area contributed by atoms with Gasteiger partial charge in [0.05, 0.1) is 0 Å². The van der Waals surface area contributed by atoms with Crippen LogP contribution in [-0.2, 0) is 4.79 Å². The van der Waals surface area contributed by atoms with E-state index in [0.29, 0.717) is 0 Å². The number of carboxylic acids is 1. The summed E-state index contributed by atoms with van der Waals surface area (Å²) >= 11 is 0. The van der Waals surface area contributed by atoms with Crippen molar-refractivity contribution >= 4 is 5.97 Å². The summed E-state index contributed by atoms with van der Waals surface area (Å²) in [5, 5.41) is 17.0. The summed E-state index contributed by atoms with van der Waals surface area (Å²) in [6.45, 7) is -1.01. The largest absolute Gasteiger partial charge is 0.479 e. The molecule has 0 saturated heterocycles. The predicted octanol–water partition coefficient (Wildman–Crippen LogP) is -0.0740. The number of aliphatic carboxylic acids is 1. The Hall–Kier alpha value is -0.820. The molecule has 7 heteroatoms. The fraction of sp³-hybridized carbons (Fsp3) is 0.833. The number of nitrogens with zero attached hydrogens (tertiary/aromatic N) is 1. The molecule has 4 nitrogen and oxygen atoms in total. The maximum absolute atomic E-state index is 12.1. The number of hydrogen-bond acceptors (Lipinski definition) is 3. The minimum atomic E-state index is -5.18. The highest BCUT2D eigenvalue weighted by atomic mass is 19.4. The van der Waals surface area contributed by atoms with E-state index in [-0.39, 0.29) is 0 Å². The fourth-order valence-electron chi connectivity index (χ4n) is 0.736. The number of alkyl halides is 3. The van der Waals surface area contributed by atoms with Crippen molar-refractivity contribution in [2.45, 2.75) is 11.8 Å². The van der Waals surface area contributed by atoms with Crippen molar-refractivity contribution < 1.29 is 28.2 Å². The van der Waals surface area contributed by atoms with E-state index in [1.54, 1.807) is 0 Å².